The molecule has 0 aliphatic rings. The van der Waals surface area contributed by atoms with Crippen LogP contribution < -0.4 is 10.6 Å². The minimum Gasteiger partial charge on any atom is -0.370 e. The van der Waals surface area contributed by atoms with Gasteiger partial charge < -0.3 is 10.6 Å². The zero-order chi connectivity index (χ0) is 16.8. The molecule has 0 bridgehead atoms. The number of nitrogens with one attached hydrogen (secondary N) is 2. The Morgan fingerprint density at radius 3 is 2.30 bits per heavy atom. The zero-order valence-electron chi connectivity index (χ0n) is 14.9. The molecule has 0 radical (unpaired) electrons. The van der Waals surface area contributed by atoms with E-state index in [-0.39, 0.29) is 0 Å². The van der Waals surface area contributed by atoms with Crippen LogP contribution in [0.25, 0.3) is 0 Å². The van der Waals surface area contributed by atoms with Gasteiger partial charge >= 0.3 is 0 Å². The highest BCUT2D eigenvalue weighted by Crippen LogP contribution is 2.20. The first-order chi connectivity index (χ1) is 10.9. The third-order valence-corrected chi connectivity index (χ3v) is 3.72. The Bertz CT molecular complexity index is 618. The molecule has 1 aromatic heterocycles. The summed E-state index contributed by atoms with van der Waals surface area (Å²) in [6.07, 6.45) is 1.13. The zero-order valence-corrected chi connectivity index (χ0v) is 14.9. The maximum atomic E-state index is 4.55. The fourth-order valence-corrected chi connectivity index (χ4v) is 2.28. The van der Waals surface area contributed by atoms with Gasteiger partial charge in [-0.05, 0) is 42.9 Å². The first-order valence-electron chi connectivity index (χ1n) is 8.40. The molecule has 2 rings (SSSR count). The number of anilines is 3. The molecule has 0 fully saturated rings. The molecule has 2 N–H and O–H groups in total. The Kier molecular flexibility index (Phi) is 5.97. The first-order valence-corrected chi connectivity index (χ1v) is 8.40. The van der Waals surface area contributed by atoms with Crippen LogP contribution in [0.5, 0.6) is 0 Å². The van der Waals surface area contributed by atoms with Gasteiger partial charge in [-0.2, -0.15) is 4.98 Å². The standard InChI is InChI=1S/C19H28N4/c1-13(2)10-11-20-18-12-15(5)21-19(23-18)22-17-8-6-16(7-9-17)14(3)4/h6-9,12-14H,10-11H2,1-5H3,(H2,20,21,22,23). The smallest absolute Gasteiger partial charge is 0.229 e. The Morgan fingerprint density at radius 1 is 1.00 bits per heavy atom. The first kappa shape index (κ1) is 17.3. The van der Waals surface area contributed by atoms with Crippen LogP contribution in [-0.4, -0.2) is 16.5 Å². The summed E-state index contributed by atoms with van der Waals surface area (Å²) >= 11 is 0. The SMILES string of the molecule is Cc1cc(NCCC(C)C)nc(Nc2ccc(C(C)C)cc2)n1. The van der Waals surface area contributed by atoms with Gasteiger partial charge in [0.15, 0.2) is 0 Å². The second kappa shape index (κ2) is 7.95. The maximum absolute atomic E-state index is 4.55. The van der Waals surface area contributed by atoms with Crippen LogP contribution in [0, 0.1) is 12.8 Å². The van der Waals surface area contributed by atoms with Crippen molar-refractivity contribution < 1.29 is 0 Å². The molecule has 0 saturated heterocycles. The van der Waals surface area contributed by atoms with Gasteiger partial charge in [0.05, 0.1) is 0 Å². The van der Waals surface area contributed by atoms with E-state index in [2.05, 4.69) is 72.6 Å². The molecule has 0 aliphatic heterocycles. The van der Waals surface area contributed by atoms with E-state index in [4.69, 9.17) is 0 Å². The Balaban J connectivity index is 2.05. The molecule has 0 amide bonds. The van der Waals surface area contributed by atoms with Gasteiger partial charge in [-0.25, -0.2) is 4.98 Å². The highest BCUT2D eigenvalue weighted by Gasteiger charge is 2.04. The van der Waals surface area contributed by atoms with E-state index < -0.39 is 0 Å². The molecule has 1 heterocycles. The normalized spacial score (nSPS) is 11.1. The largest absolute Gasteiger partial charge is 0.370 e. The summed E-state index contributed by atoms with van der Waals surface area (Å²) < 4.78 is 0. The number of aryl methyl sites for hydroxylation is 1. The molecule has 124 valence electrons. The van der Waals surface area contributed by atoms with E-state index >= 15 is 0 Å². The van der Waals surface area contributed by atoms with Crippen molar-refractivity contribution in [3.63, 3.8) is 0 Å². The van der Waals surface area contributed by atoms with Gasteiger partial charge in [0.1, 0.15) is 5.82 Å². The predicted octanol–water partition coefficient (Wildman–Crippen LogP) is 5.11. The third kappa shape index (κ3) is 5.55. The van der Waals surface area contributed by atoms with E-state index in [1.807, 2.05) is 13.0 Å². The second-order valence-corrected chi connectivity index (χ2v) is 6.73. The second-order valence-electron chi connectivity index (χ2n) is 6.73. The van der Waals surface area contributed by atoms with E-state index in [1.165, 1.54) is 5.56 Å². The van der Waals surface area contributed by atoms with Gasteiger partial charge in [0.25, 0.3) is 0 Å². The van der Waals surface area contributed by atoms with Crippen molar-refractivity contribution in [3.05, 3.63) is 41.6 Å². The molecule has 4 nitrogen and oxygen atoms in total. The lowest BCUT2D eigenvalue weighted by atomic mass is 10.0. The van der Waals surface area contributed by atoms with E-state index in [0.717, 1.165) is 30.2 Å². The predicted molar refractivity (Wildman–Crippen MR) is 98.5 cm³/mol. The van der Waals surface area contributed by atoms with Crippen molar-refractivity contribution in [1.82, 2.24) is 9.97 Å². The number of nitrogens with zero attached hydrogens (tertiary/aromatic N) is 2. The fourth-order valence-electron chi connectivity index (χ4n) is 2.28. The van der Waals surface area contributed by atoms with Crippen LogP contribution in [0.4, 0.5) is 17.5 Å². The van der Waals surface area contributed by atoms with Crippen LogP contribution in [0.1, 0.15) is 51.3 Å². The summed E-state index contributed by atoms with van der Waals surface area (Å²) in [6.45, 7) is 11.8. The highest BCUT2D eigenvalue weighted by molar-refractivity contribution is 5.55. The number of hydrogen-bond acceptors (Lipinski definition) is 4. The van der Waals surface area contributed by atoms with Crippen LogP contribution in [0.3, 0.4) is 0 Å². The van der Waals surface area contributed by atoms with Crippen LogP contribution in [0.15, 0.2) is 30.3 Å². The third-order valence-electron chi connectivity index (χ3n) is 3.72. The molecule has 0 atom stereocenters. The minimum atomic E-state index is 0.538. The van der Waals surface area contributed by atoms with Crippen LogP contribution in [0.2, 0.25) is 0 Å². The molecular weight excluding hydrogens is 284 g/mol. The van der Waals surface area contributed by atoms with Crippen molar-refractivity contribution >= 4 is 17.5 Å². The van der Waals surface area contributed by atoms with Gasteiger partial charge in [-0.3, -0.25) is 0 Å². The summed E-state index contributed by atoms with van der Waals surface area (Å²) in [5.41, 5.74) is 3.29. The Hall–Kier alpha value is -2.10. The van der Waals surface area contributed by atoms with Crippen molar-refractivity contribution in [2.75, 3.05) is 17.2 Å². The quantitative estimate of drug-likeness (QED) is 0.746. The molecular formula is C19H28N4. The van der Waals surface area contributed by atoms with Crippen molar-refractivity contribution in [3.8, 4) is 0 Å². The lowest BCUT2D eigenvalue weighted by Crippen LogP contribution is -2.08. The van der Waals surface area contributed by atoms with Gasteiger partial charge in [0.2, 0.25) is 5.95 Å². The lowest BCUT2D eigenvalue weighted by molar-refractivity contribution is 0.606. The summed E-state index contributed by atoms with van der Waals surface area (Å²) in [5.74, 6) is 2.73. The van der Waals surface area contributed by atoms with E-state index in [0.29, 0.717) is 17.8 Å². The average molecular weight is 312 g/mol. The van der Waals surface area contributed by atoms with E-state index in [9.17, 15) is 0 Å². The molecule has 0 saturated carbocycles. The molecule has 0 unspecified atom stereocenters. The van der Waals surface area contributed by atoms with E-state index in [1.54, 1.807) is 0 Å². The molecule has 0 spiro atoms. The number of benzene rings is 1. The monoisotopic (exact) mass is 312 g/mol. The number of aromatic nitrogens is 2. The average Bonchev–Trinajstić information content (AvgIpc) is 2.46. The van der Waals surface area contributed by atoms with Crippen molar-refractivity contribution in [1.29, 1.82) is 0 Å². The topological polar surface area (TPSA) is 49.8 Å². The highest BCUT2D eigenvalue weighted by atomic mass is 15.1. The van der Waals surface area contributed by atoms with Crippen LogP contribution >= 0.6 is 0 Å². The molecule has 1 aromatic carbocycles. The lowest BCUT2D eigenvalue weighted by Gasteiger charge is -2.11. The Labute approximate surface area is 139 Å². The molecule has 4 heteroatoms. The fraction of sp³-hybridized carbons (Fsp3) is 0.474. The number of hydrogen-bond donors (Lipinski definition) is 2. The van der Waals surface area contributed by atoms with Gasteiger partial charge in [-0.15, -0.1) is 0 Å². The summed E-state index contributed by atoms with van der Waals surface area (Å²) in [7, 11) is 0. The van der Waals surface area contributed by atoms with Gasteiger partial charge in [-0.1, -0.05) is 39.8 Å². The summed E-state index contributed by atoms with van der Waals surface area (Å²) in [5, 5.41) is 6.66. The van der Waals surface area contributed by atoms with Gasteiger partial charge in [0, 0.05) is 24.0 Å². The molecule has 23 heavy (non-hydrogen) atoms. The van der Waals surface area contributed by atoms with Crippen LogP contribution in [-0.2, 0) is 0 Å². The van der Waals surface area contributed by atoms with Crippen molar-refractivity contribution in [2.24, 2.45) is 5.92 Å². The summed E-state index contributed by atoms with van der Waals surface area (Å²) in [6, 6.07) is 10.4. The Morgan fingerprint density at radius 2 is 1.70 bits per heavy atom. The molecule has 0 aliphatic carbocycles. The number of rotatable bonds is 7. The van der Waals surface area contributed by atoms with Crippen molar-refractivity contribution in [2.45, 2.75) is 47.0 Å². The summed E-state index contributed by atoms with van der Waals surface area (Å²) in [4.78, 5) is 9.02. The maximum Gasteiger partial charge on any atom is 0.229 e. The minimum absolute atomic E-state index is 0.538. The molecule has 2 aromatic rings.